The summed E-state index contributed by atoms with van der Waals surface area (Å²) >= 11 is 0. The van der Waals surface area contributed by atoms with Gasteiger partial charge in [-0.1, -0.05) is 0 Å². The van der Waals surface area contributed by atoms with E-state index in [1.54, 1.807) is 16.7 Å². The molecule has 100 valence electrons. The summed E-state index contributed by atoms with van der Waals surface area (Å²) in [5, 5.41) is 6.26. The van der Waals surface area contributed by atoms with Crippen LogP contribution in [0.15, 0.2) is 41.8 Å². The van der Waals surface area contributed by atoms with Gasteiger partial charge < -0.3 is 0 Å². The molecule has 0 spiro atoms. The van der Waals surface area contributed by atoms with Crippen molar-refractivity contribution in [2.24, 2.45) is 0 Å². The van der Waals surface area contributed by atoms with Crippen LogP contribution in [-0.4, -0.2) is 33.9 Å². The predicted molar refractivity (Wildman–Crippen MR) is 68.6 cm³/mol. The second-order valence-corrected chi connectivity index (χ2v) is 6.46. The fourth-order valence-corrected chi connectivity index (χ4v) is 3.54. The summed E-state index contributed by atoms with van der Waals surface area (Å²) in [6, 6.07) is 3.77. The van der Waals surface area contributed by atoms with Gasteiger partial charge in [-0.05, 0) is 30.5 Å². The summed E-state index contributed by atoms with van der Waals surface area (Å²) in [5.41, 5.74) is 0.939. The van der Waals surface area contributed by atoms with Gasteiger partial charge in [0.2, 0.25) is 10.0 Å². The number of nitrogens with one attached hydrogen (secondary N) is 1. The zero-order valence-electron chi connectivity index (χ0n) is 10.2. The predicted octanol–water partition coefficient (Wildman–Crippen LogP) is 1.16. The molecule has 1 fully saturated rings. The van der Waals surface area contributed by atoms with Gasteiger partial charge in [-0.3, -0.25) is 10.1 Å². The normalized spacial score (nSPS) is 15.8. The minimum atomic E-state index is -3.47. The average Bonchev–Trinajstić information content (AvgIpc) is 3.09. The zero-order valence-corrected chi connectivity index (χ0v) is 11.0. The van der Waals surface area contributed by atoms with Gasteiger partial charge in [-0.25, -0.2) is 8.42 Å². The van der Waals surface area contributed by atoms with Crippen LogP contribution in [0.2, 0.25) is 0 Å². The quantitative estimate of drug-likeness (QED) is 0.890. The summed E-state index contributed by atoms with van der Waals surface area (Å²) in [6.07, 6.45) is 7.94. The number of aromatic nitrogens is 3. The Bertz CT molecular complexity index is 636. The van der Waals surface area contributed by atoms with Crippen molar-refractivity contribution in [2.45, 2.75) is 30.3 Å². The zero-order chi connectivity index (χ0) is 13.3. The fraction of sp³-hybridized carbons (Fsp3) is 0.333. The van der Waals surface area contributed by atoms with Crippen LogP contribution in [0.4, 0.5) is 0 Å². The molecule has 0 saturated heterocycles. The standard InChI is InChI=1S/C12H14N4O2S/c17-19(18,12-7-14-15-8-12)16(11-1-2-11)9-10-3-5-13-6-4-10/h3-8,11H,1-2,9H2,(H,14,15). The SMILES string of the molecule is O=S(=O)(c1cn[nH]c1)N(Cc1ccncc1)C1CC1. The third kappa shape index (κ3) is 2.52. The summed E-state index contributed by atoms with van der Waals surface area (Å²) in [7, 11) is -3.47. The van der Waals surface area contributed by atoms with Gasteiger partial charge in [0.25, 0.3) is 0 Å². The number of hydrogen-bond acceptors (Lipinski definition) is 4. The number of H-pyrrole nitrogens is 1. The molecule has 0 atom stereocenters. The van der Waals surface area contributed by atoms with Crippen LogP contribution in [0.25, 0.3) is 0 Å². The van der Waals surface area contributed by atoms with Crippen molar-refractivity contribution in [3.05, 3.63) is 42.5 Å². The van der Waals surface area contributed by atoms with E-state index in [1.807, 2.05) is 12.1 Å². The highest BCUT2D eigenvalue weighted by molar-refractivity contribution is 7.89. The average molecular weight is 278 g/mol. The van der Waals surface area contributed by atoms with E-state index in [0.717, 1.165) is 18.4 Å². The molecule has 6 nitrogen and oxygen atoms in total. The maximum absolute atomic E-state index is 12.5. The van der Waals surface area contributed by atoms with Crippen molar-refractivity contribution in [2.75, 3.05) is 0 Å². The van der Waals surface area contributed by atoms with Crippen molar-refractivity contribution in [1.29, 1.82) is 0 Å². The maximum atomic E-state index is 12.5. The molecule has 0 unspecified atom stereocenters. The number of hydrogen-bond donors (Lipinski definition) is 1. The molecule has 3 rings (SSSR count). The highest BCUT2D eigenvalue weighted by Crippen LogP contribution is 2.33. The first-order valence-electron chi connectivity index (χ1n) is 6.07. The van der Waals surface area contributed by atoms with Crippen molar-refractivity contribution in [3.8, 4) is 0 Å². The van der Waals surface area contributed by atoms with E-state index in [2.05, 4.69) is 15.2 Å². The van der Waals surface area contributed by atoms with Gasteiger partial charge in [-0.15, -0.1) is 0 Å². The number of rotatable bonds is 5. The van der Waals surface area contributed by atoms with E-state index in [-0.39, 0.29) is 10.9 Å². The first kappa shape index (κ1) is 12.3. The molecule has 1 saturated carbocycles. The van der Waals surface area contributed by atoms with Crippen LogP contribution in [0, 0.1) is 0 Å². The second kappa shape index (κ2) is 4.75. The van der Waals surface area contributed by atoms with Crippen LogP contribution in [-0.2, 0) is 16.6 Å². The molecule has 2 aromatic rings. The molecule has 0 aromatic carbocycles. The smallest absolute Gasteiger partial charge is 0.246 e. The van der Waals surface area contributed by atoms with Crippen molar-refractivity contribution >= 4 is 10.0 Å². The van der Waals surface area contributed by atoms with E-state index in [1.165, 1.54) is 12.4 Å². The Labute approximate surface area is 111 Å². The molecule has 7 heteroatoms. The molecule has 2 heterocycles. The molecular weight excluding hydrogens is 264 g/mol. The van der Waals surface area contributed by atoms with Gasteiger partial charge in [0.1, 0.15) is 4.90 Å². The first-order valence-corrected chi connectivity index (χ1v) is 7.51. The Morgan fingerprint density at radius 3 is 2.63 bits per heavy atom. The lowest BCUT2D eigenvalue weighted by atomic mass is 10.3. The third-order valence-electron chi connectivity index (χ3n) is 3.12. The van der Waals surface area contributed by atoms with Crippen LogP contribution < -0.4 is 0 Å². The molecule has 0 bridgehead atoms. The van der Waals surface area contributed by atoms with E-state index >= 15 is 0 Å². The molecule has 2 aromatic heterocycles. The summed E-state index contributed by atoms with van der Waals surface area (Å²) in [6.45, 7) is 0.376. The lowest BCUT2D eigenvalue weighted by molar-refractivity contribution is 0.398. The Morgan fingerprint density at radius 2 is 2.05 bits per heavy atom. The Balaban J connectivity index is 1.90. The molecule has 0 amide bonds. The lowest BCUT2D eigenvalue weighted by Gasteiger charge is -2.20. The molecular formula is C12H14N4O2S. The Kier molecular flexibility index (Phi) is 3.08. The number of nitrogens with zero attached hydrogens (tertiary/aromatic N) is 3. The number of sulfonamides is 1. The molecule has 0 aliphatic heterocycles. The third-order valence-corrected chi connectivity index (χ3v) is 4.99. The number of aromatic amines is 1. The maximum Gasteiger partial charge on any atom is 0.246 e. The topological polar surface area (TPSA) is 79.0 Å². The van der Waals surface area contributed by atoms with Crippen molar-refractivity contribution in [3.63, 3.8) is 0 Å². The van der Waals surface area contributed by atoms with Gasteiger partial charge >= 0.3 is 0 Å². The minimum Gasteiger partial charge on any atom is -0.284 e. The van der Waals surface area contributed by atoms with E-state index < -0.39 is 10.0 Å². The largest absolute Gasteiger partial charge is 0.284 e. The Morgan fingerprint density at radius 1 is 1.32 bits per heavy atom. The summed E-state index contributed by atoms with van der Waals surface area (Å²) in [4.78, 5) is 4.16. The Hall–Kier alpha value is -1.73. The first-order chi connectivity index (χ1) is 9.18. The molecule has 19 heavy (non-hydrogen) atoms. The molecule has 1 aliphatic carbocycles. The van der Waals surface area contributed by atoms with Crippen molar-refractivity contribution < 1.29 is 8.42 Å². The molecule has 0 radical (unpaired) electrons. The van der Waals surface area contributed by atoms with Gasteiger partial charge in [-0.2, -0.15) is 9.40 Å². The van der Waals surface area contributed by atoms with E-state index in [4.69, 9.17) is 0 Å². The fourth-order valence-electron chi connectivity index (χ4n) is 1.96. The summed E-state index contributed by atoms with van der Waals surface area (Å²) < 4.78 is 26.6. The lowest BCUT2D eigenvalue weighted by Crippen LogP contribution is -2.32. The number of pyridine rings is 1. The van der Waals surface area contributed by atoms with Crippen molar-refractivity contribution in [1.82, 2.24) is 19.5 Å². The minimum absolute atomic E-state index is 0.105. The molecule has 1 N–H and O–H groups in total. The van der Waals surface area contributed by atoms with Gasteiger partial charge in [0.15, 0.2) is 0 Å². The molecule has 1 aliphatic rings. The van der Waals surface area contributed by atoms with Gasteiger partial charge in [0.05, 0.1) is 6.20 Å². The van der Waals surface area contributed by atoms with E-state index in [9.17, 15) is 8.42 Å². The van der Waals surface area contributed by atoms with Crippen LogP contribution in [0.5, 0.6) is 0 Å². The highest BCUT2D eigenvalue weighted by Gasteiger charge is 2.38. The monoisotopic (exact) mass is 278 g/mol. The van der Waals surface area contributed by atoms with E-state index in [0.29, 0.717) is 6.54 Å². The van der Waals surface area contributed by atoms with Crippen LogP contribution in [0.3, 0.4) is 0 Å². The summed E-state index contributed by atoms with van der Waals surface area (Å²) in [5.74, 6) is 0. The highest BCUT2D eigenvalue weighted by atomic mass is 32.2. The van der Waals surface area contributed by atoms with Crippen LogP contribution in [0.1, 0.15) is 18.4 Å². The second-order valence-electron chi connectivity index (χ2n) is 4.57. The van der Waals surface area contributed by atoms with Crippen LogP contribution >= 0.6 is 0 Å². The van der Waals surface area contributed by atoms with Gasteiger partial charge in [0, 0.05) is 31.2 Å².